The van der Waals surface area contributed by atoms with E-state index < -0.39 is 18.8 Å². The number of alkyl halides is 3. The van der Waals surface area contributed by atoms with Crippen molar-refractivity contribution in [3.63, 3.8) is 0 Å². The first-order valence-corrected chi connectivity index (χ1v) is 8.52. The number of carboxylic acids is 1. The molecule has 1 aliphatic carbocycles. The van der Waals surface area contributed by atoms with Crippen molar-refractivity contribution in [3.05, 3.63) is 11.3 Å². The van der Waals surface area contributed by atoms with Gasteiger partial charge in [-0.15, -0.1) is 0 Å². The molecule has 0 aliphatic heterocycles. The molecule has 1 aromatic heterocycles. The van der Waals surface area contributed by atoms with Gasteiger partial charge in [-0.2, -0.15) is 18.3 Å². The van der Waals surface area contributed by atoms with Crippen molar-refractivity contribution in [1.29, 1.82) is 0 Å². The predicted molar refractivity (Wildman–Crippen MR) is 88.0 cm³/mol. The van der Waals surface area contributed by atoms with E-state index in [1.165, 1.54) is 4.68 Å². The molecule has 0 saturated heterocycles. The van der Waals surface area contributed by atoms with E-state index in [1.807, 2.05) is 11.8 Å². The van der Waals surface area contributed by atoms with Gasteiger partial charge in [-0.3, -0.25) is 9.69 Å². The first-order valence-electron chi connectivity index (χ1n) is 8.52. The summed E-state index contributed by atoms with van der Waals surface area (Å²) in [6.45, 7) is 3.34. The maximum atomic E-state index is 12.4. The summed E-state index contributed by atoms with van der Waals surface area (Å²) in [7, 11) is 1.55. The van der Waals surface area contributed by atoms with Crippen LogP contribution < -0.4 is 10.1 Å². The number of nitrogens with one attached hydrogen (secondary N) is 1. The first kappa shape index (κ1) is 20.5. The van der Waals surface area contributed by atoms with Gasteiger partial charge in [-0.05, 0) is 26.3 Å². The Morgan fingerprint density at radius 2 is 2.12 bits per heavy atom. The zero-order valence-electron chi connectivity index (χ0n) is 15.1. The van der Waals surface area contributed by atoms with Crippen LogP contribution in [0, 0.1) is 6.92 Å². The average Bonchev–Trinajstić information content (AvgIpc) is 2.74. The van der Waals surface area contributed by atoms with E-state index in [9.17, 15) is 18.0 Å². The lowest BCUT2D eigenvalue weighted by molar-refractivity contribution is -0.154. The number of carboxylic acid groups (broad SMARTS) is 1. The number of hydrogen-bond donors (Lipinski definition) is 2. The number of nitrogens with zero attached hydrogens (tertiary/aromatic N) is 3. The molecule has 0 radical (unpaired) electrons. The van der Waals surface area contributed by atoms with Crippen molar-refractivity contribution in [2.45, 2.75) is 51.5 Å². The Bertz CT molecular complexity index is 627. The van der Waals surface area contributed by atoms with Gasteiger partial charge in [0.2, 0.25) is 5.88 Å². The third kappa shape index (κ3) is 5.34. The zero-order chi connectivity index (χ0) is 19.5. The average molecular weight is 378 g/mol. The Morgan fingerprint density at radius 1 is 1.46 bits per heavy atom. The predicted octanol–water partition coefficient (Wildman–Crippen LogP) is 1.70. The fourth-order valence-corrected chi connectivity index (χ4v) is 3.19. The number of aliphatic carboxylic acids is 1. The molecule has 0 aromatic carbocycles. The number of likely N-dealkylation sites (N-methyl/N-ethyl adjacent to an activating group) is 1. The van der Waals surface area contributed by atoms with Crippen molar-refractivity contribution in [3.8, 4) is 5.88 Å². The molecule has 26 heavy (non-hydrogen) atoms. The van der Waals surface area contributed by atoms with Gasteiger partial charge in [-0.1, -0.05) is 6.92 Å². The number of carbonyl (C=O) groups is 1. The number of aromatic nitrogens is 2. The fraction of sp³-hybridized carbons (Fsp3) is 0.750. The van der Waals surface area contributed by atoms with Gasteiger partial charge in [0, 0.05) is 25.7 Å². The second-order valence-electron chi connectivity index (χ2n) is 6.56. The van der Waals surface area contributed by atoms with Gasteiger partial charge in [0.1, 0.15) is 0 Å². The van der Waals surface area contributed by atoms with Crippen molar-refractivity contribution in [1.82, 2.24) is 20.0 Å². The maximum absolute atomic E-state index is 12.4. The van der Waals surface area contributed by atoms with Crippen LogP contribution in [0.4, 0.5) is 13.2 Å². The van der Waals surface area contributed by atoms with E-state index in [4.69, 9.17) is 9.84 Å². The van der Waals surface area contributed by atoms with Gasteiger partial charge < -0.3 is 15.2 Å². The summed E-state index contributed by atoms with van der Waals surface area (Å²) in [5, 5.41) is 16.3. The molecule has 7 nitrogen and oxygen atoms in total. The van der Waals surface area contributed by atoms with E-state index in [0.717, 1.165) is 12.8 Å². The number of rotatable bonds is 9. The van der Waals surface area contributed by atoms with Crippen molar-refractivity contribution >= 4 is 5.97 Å². The molecular formula is C16H25F3N4O3. The molecule has 1 aliphatic rings. The quantitative estimate of drug-likeness (QED) is 0.681. The summed E-state index contributed by atoms with van der Waals surface area (Å²) >= 11 is 0. The van der Waals surface area contributed by atoms with Crippen LogP contribution in [0.5, 0.6) is 5.88 Å². The number of aryl methyl sites for hydroxylation is 2. The van der Waals surface area contributed by atoms with E-state index >= 15 is 0 Å². The van der Waals surface area contributed by atoms with Gasteiger partial charge in [0.05, 0.1) is 17.8 Å². The Balaban J connectivity index is 1.88. The Labute approximate surface area is 150 Å². The van der Waals surface area contributed by atoms with E-state index in [1.54, 1.807) is 14.0 Å². The van der Waals surface area contributed by atoms with Gasteiger partial charge >= 0.3 is 12.1 Å². The molecule has 10 heteroatoms. The Kier molecular flexibility index (Phi) is 6.51. The monoisotopic (exact) mass is 378 g/mol. The highest BCUT2D eigenvalue weighted by Gasteiger charge is 2.34. The number of ether oxygens (including phenoxy) is 1. The van der Waals surface area contributed by atoms with Crippen LogP contribution in [0.3, 0.4) is 0 Å². The Hall–Kier alpha value is -1.81. The second-order valence-corrected chi connectivity index (χ2v) is 6.56. The normalized spacial score (nSPS) is 20.3. The molecule has 0 unspecified atom stereocenters. The van der Waals surface area contributed by atoms with Crippen LogP contribution in [0.1, 0.15) is 31.0 Å². The molecule has 0 bridgehead atoms. The maximum Gasteiger partial charge on any atom is 0.422 e. The molecule has 1 fully saturated rings. The lowest BCUT2D eigenvalue weighted by atomic mass is 9.85. The SMILES string of the molecule is CCN(CC(=O)O)C1CC(NCc2c(C)nn(C)c2OCC(F)(F)F)C1. The smallest absolute Gasteiger partial charge is 0.422 e. The fourth-order valence-electron chi connectivity index (χ4n) is 3.19. The largest absolute Gasteiger partial charge is 0.480 e. The topological polar surface area (TPSA) is 79.6 Å². The lowest BCUT2D eigenvalue weighted by Gasteiger charge is -2.42. The van der Waals surface area contributed by atoms with Crippen molar-refractivity contribution in [2.24, 2.45) is 7.05 Å². The molecule has 0 amide bonds. The molecule has 1 heterocycles. The molecule has 2 N–H and O–H groups in total. The van der Waals surface area contributed by atoms with Crippen LogP contribution in [0.2, 0.25) is 0 Å². The standard InChI is InChI=1S/C16H25F3N4O3/c1-4-23(8-14(24)25)12-5-11(6-12)20-7-13-10(2)21-22(3)15(13)26-9-16(17,18)19/h11-12,20H,4-9H2,1-3H3,(H,24,25). The lowest BCUT2D eigenvalue weighted by Crippen LogP contribution is -2.53. The molecule has 148 valence electrons. The molecule has 1 aromatic rings. The molecular weight excluding hydrogens is 353 g/mol. The summed E-state index contributed by atoms with van der Waals surface area (Å²) in [5.41, 5.74) is 1.23. The van der Waals surface area contributed by atoms with Gasteiger partial charge in [-0.25, -0.2) is 4.68 Å². The van der Waals surface area contributed by atoms with E-state index in [-0.39, 0.29) is 24.5 Å². The van der Waals surface area contributed by atoms with Gasteiger partial charge in [0.25, 0.3) is 0 Å². The summed E-state index contributed by atoms with van der Waals surface area (Å²) in [6, 6.07) is 0.405. The van der Waals surface area contributed by atoms with Crippen molar-refractivity contribution < 1.29 is 27.8 Å². The van der Waals surface area contributed by atoms with Crippen molar-refractivity contribution in [2.75, 3.05) is 19.7 Å². The summed E-state index contributed by atoms with van der Waals surface area (Å²) < 4.78 is 43.5. The van der Waals surface area contributed by atoms with Gasteiger partial charge in [0.15, 0.2) is 6.61 Å². The minimum absolute atomic E-state index is 0.0189. The minimum Gasteiger partial charge on any atom is -0.480 e. The first-order chi connectivity index (χ1) is 12.1. The second kappa shape index (κ2) is 8.26. The number of halogens is 3. The molecule has 2 rings (SSSR count). The third-order valence-corrected chi connectivity index (χ3v) is 4.60. The van der Waals surface area contributed by atoms with E-state index in [2.05, 4.69) is 10.4 Å². The van der Waals surface area contributed by atoms with Crippen LogP contribution in [0.15, 0.2) is 0 Å². The van der Waals surface area contributed by atoms with Crippen LogP contribution in [0.25, 0.3) is 0 Å². The highest BCUT2D eigenvalue weighted by atomic mass is 19.4. The van der Waals surface area contributed by atoms with Crippen LogP contribution in [-0.2, 0) is 18.4 Å². The summed E-state index contributed by atoms with van der Waals surface area (Å²) in [6.07, 6.45) is -2.80. The zero-order valence-corrected chi connectivity index (χ0v) is 15.1. The van der Waals surface area contributed by atoms with E-state index in [0.29, 0.717) is 24.3 Å². The highest BCUT2D eigenvalue weighted by Crippen LogP contribution is 2.28. The molecule has 0 atom stereocenters. The minimum atomic E-state index is -4.40. The Morgan fingerprint density at radius 3 is 2.65 bits per heavy atom. The molecule has 0 spiro atoms. The summed E-state index contributed by atoms with van der Waals surface area (Å²) in [5.74, 6) is -0.732. The highest BCUT2D eigenvalue weighted by molar-refractivity contribution is 5.69. The van der Waals surface area contributed by atoms with Crippen LogP contribution in [-0.4, -0.2) is 63.7 Å². The third-order valence-electron chi connectivity index (χ3n) is 4.60. The molecule has 1 saturated carbocycles. The summed E-state index contributed by atoms with van der Waals surface area (Å²) in [4.78, 5) is 12.8. The number of hydrogen-bond acceptors (Lipinski definition) is 5. The van der Waals surface area contributed by atoms with Crippen LogP contribution >= 0.6 is 0 Å².